The maximum atomic E-state index is 12.3. The summed E-state index contributed by atoms with van der Waals surface area (Å²) in [5.41, 5.74) is 10.7. The average molecular weight is 341 g/mol. The van der Waals surface area contributed by atoms with Crippen molar-refractivity contribution in [3.63, 3.8) is 0 Å². The van der Waals surface area contributed by atoms with Crippen molar-refractivity contribution in [1.29, 1.82) is 0 Å². The van der Waals surface area contributed by atoms with E-state index in [9.17, 15) is 12.8 Å². The van der Waals surface area contributed by atoms with E-state index in [2.05, 4.69) is 0 Å². The number of nitrogens with zero attached hydrogens (tertiary/aromatic N) is 1. The number of hydrogen-bond acceptors (Lipinski definition) is 7. The van der Waals surface area contributed by atoms with E-state index in [1.165, 1.54) is 0 Å². The van der Waals surface area contributed by atoms with Crippen molar-refractivity contribution in [2.75, 3.05) is 26.4 Å². The summed E-state index contributed by atoms with van der Waals surface area (Å²) >= 11 is 0. The lowest BCUT2D eigenvalue weighted by Crippen LogP contribution is -2.45. The molecule has 1 aliphatic rings. The molecule has 1 saturated heterocycles. The fourth-order valence-corrected chi connectivity index (χ4v) is 3.75. The zero-order valence-corrected chi connectivity index (χ0v) is 13.5. The predicted molar refractivity (Wildman–Crippen MR) is 80.7 cm³/mol. The Balaban J connectivity index is 2.59. The Labute approximate surface area is 131 Å². The summed E-state index contributed by atoms with van der Waals surface area (Å²) in [5.74, 6) is -0.125. The second-order valence-electron chi connectivity index (χ2n) is 6.06. The summed E-state index contributed by atoms with van der Waals surface area (Å²) in [6.07, 6.45) is 1.30. The van der Waals surface area contributed by atoms with Crippen LogP contribution in [0.25, 0.3) is 0 Å². The van der Waals surface area contributed by atoms with Crippen molar-refractivity contribution in [3.8, 4) is 0 Å². The van der Waals surface area contributed by atoms with E-state index in [-0.39, 0.29) is 25.3 Å². The Hall–Kier alpha value is -0.295. The molecule has 1 fully saturated rings. The molecule has 0 radical (unpaired) electrons. The summed E-state index contributed by atoms with van der Waals surface area (Å²) in [4.78, 5) is 0. The van der Waals surface area contributed by atoms with Crippen LogP contribution in [-0.4, -0.2) is 67.8 Å². The fourth-order valence-electron chi connectivity index (χ4n) is 2.46. The number of hydrogen-bond donors (Lipinski definition) is 4. The van der Waals surface area contributed by atoms with Gasteiger partial charge >= 0.3 is 17.4 Å². The van der Waals surface area contributed by atoms with E-state index in [1.807, 2.05) is 0 Å². The third-order valence-corrected chi connectivity index (χ3v) is 5.18. The SMILES string of the molecule is C[C@]1(N)CN(S(=O)(=O)OCC(N)CF)C[C@@H]1CCCB(O)O. The molecule has 0 aliphatic carbocycles. The van der Waals surface area contributed by atoms with Gasteiger partial charge in [-0.2, -0.15) is 12.7 Å². The number of halogens is 1. The van der Waals surface area contributed by atoms with Crippen molar-refractivity contribution in [1.82, 2.24) is 4.31 Å². The highest BCUT2D eigenvalue weighted by molar-refractivity contribution is 7.84. The van der Waals surface area contributed by atoms with Gasteiger partial charge in [-0.25, -0.2) is 4.39 Å². The van der Waals surface area contributed by atoms with Crippen molar-refractivity contribution in [2.24, 2.45) is 17.4 Å². The van der Waals surface area contributed by atoms with Gasteiger partial charge in [-0.3, -0.25) is 4.18 Å². The Kier molecular flexibility index (Phi) is 7.18. The van der Waals surface area contributed by atoms with Crippen LogP contribution >= 0.6 is 0 Å². The Morgan fingerprint density at radius 2 is 2.18 bits per heavy atom. The quantitative estimate of drug-likeness (QED) is 0.372. The molecule has 0 bridgehead atoms. The van der Waals surface area contributed by atoms with E-state index in [1.54, 1.807) is 6.92 Å². The van der Waals surface area contributed by atoms with E-state index >= 15 is 0 Å². The van der Waals surface area contributed by atoms with E-state index in [0.29, 0.717) is 12.8 Å². The summed E-state index contributed by atoms with van der Waals surface area (Å²) in [6.45, 7) is 0.734. The first-order chi connectivity index (χ1) is 10.1. The van der Waals surface area contributed by atoms with Crippen LogP contribution in [0.15, 0.2) is 0 Å². The molecular formula is C11H25BFN3O5S. The van der Waals surface area contributed by atoms with Gasteiger partial charge < -0.3 is 21.5 Å². The minimum Gasteiger partial charge on any atom is -0.427 e. The van der Waals surface area contributed by atoms with E-state index < -0.39 is 42.3 Å². The third kappa shape index (κ3) is 5.72. The summed E-state index contributed by atoms with van der Waals surface area (Å²) in [7, 11) is -5.38. The lowest BCUT2D eigenvalue weighted by Gasteiger charge is -2.25. The molecule has 0 aromatic heterocycles. The van der Waals surface area contributed by atoms with Gasteiger partial charge in [-0.1, -0.05) is 6.42 Å². The van der Waals surface area contributed by atoms with Crippen molar-refractivity contribution in [2.45, 2.75) is 37.7 Å². The van der Waals surface area contributed by atoms with Crippen LogP contribution in [0, 0.1) is 5.92 Å². The molecule has 3 atom stereocenters. The van der Waals surface area contributed by atoms with Gasteiger partial charge in [0, 0.05) is 18.6 Å². The van der Waals surface area contributed by atoms with Crippen LogP contribution in [0.2, 0.25) is 6.32 Å². The molecule has 1 heterocycles. The zero-order chi connectivity index (χ0) is 17.0. The normalized spacial score (nSPS) is 28.0. The van der Waals surface area contributed by atoms with Gasteiger partial charge in [0.2, 0.25) is 0 Å². The Morgan fingerprint density at radius 3 is 2.73 bits per heavy atom. The van der Waals surface area contributed by atoms with Crippen LogP contribution in [0.3, 0.4) is 0 Å². The molecule has 130 valence electrons. The van der Waals surface area contributed by atoms with Crippen LogP contribution in [0.5, 0.6) is 0 Å². The van der Waals surface area contributed by atoms with Gasteiger partial charge in [-0.05, 0) is 25.6 Å². The molecule has 0 aromatic carbocycles. The van der Waals surface area contributed by atoms with Crippen molar-refractivity contribution < 1.29 is 27.0 Å². The highest BCUT2D eigenvalue weighted by Crippen LogP contribution is 2.31. The minimum absolute atomic E-state index is 0.0898. The van der Waals surface area contributed by atoms with Crippen LogP contribution in [-0.2, 0) is 14.5 Å². The third-order valence-electron chi connectivity index (χ3n) is 3.83. The van der Waals surface area contributed by atoms with Crippen LogP contribution in [0.1, 0.15) is 19.8 Å². The highest BCUT2D eigenvalue weighted by Gasteiger charge is 2.44. The second kappa shape index (κ2) is 8.00. The standard InChI is InChI=1S/C11H25BFN3O5S/c1-11(15)8-16(6-9(11)3-2-4-12(17)18)22(19,20)21-7-10(14)5-13/h9-10,17-18H,2-8,14-15H2,1H3/t9-,10?,11-/m0/s1. The molecule has 0 amide bonds. The van der Waals surface area contributed by atoms with Crippen LogP contribution < -0.4 is 11.5 Å². The maximum absolute atomic E-state index is 12.3. The van der Waals surface area contributed by atoms with Gasteiger partial charge in [0.05, 0.1) is 12.6 Å². The lowest BCUT2D eigenvalue weighted by atomic mass is 9.79. The first-order valence-electron chi connectivity index (χ1n) is 7.19. The second-order valence-corrected chi connectivity index (χ2v) is 7.67. The fraction of sp³-hybridized carbons (Fsp3) is 1.00. The average Bonchev–Trinajstić information content (AvgIpc) is 2.72. The monoisotopic (exact) mass is 341 g/mol. The first kappa shape index (κ1) is 19.8. The maximum Gasteiger partial charge on any atom is 0.451 e. The molecule has 22 heavy (non-hydrogen) atoms. The molecule has 1 rings (SSSR count). The molecule has 0 saturated carbocycles. The molecule has 0 aromatic rings. The van der Waals surface area contributed by atoms with Crippen molar-refractivity contribution >= 4 is 17.4 Å². The molecule has 6 N–H and O–H groups in total. The minimum atomic E-state index is -4.00. The van der Waals surface area contributed by atoms with Crippen molar-refractivity contribution in [3.05, 3.63) is 0 Å². The smallest absolute Gasteiger partial charge is 0.427 e. The number of rotatable bonds is 9. The zero-order valence-electron chi connectivity index (χ0n) is 12.7. The largest absolute Gasteiger partial charge is 0.451 e. The summed E-state index contributed by atoms with van der Waals surface area (Å²) < 4.78 is 42.2. The molecule has 1 aliphatic heterocycles. The lowest BCUT2D eigenvalue weighted by molar-refractivity contribution is 0.240. The molecule has 1 unspecified atom stereocenters. The van der Waals surface area contributed by atoms with Gasteiger partial charge in [0.25, 0.3) is 0 Å². The first-order valence-corrected chi connectivity index (χ1v) is 8.56. The molecule has 0 spiro atoms. The Morgan fingerprint density at radius 1 is 1.55 bits per heavy atom. The summed E-state index contributed by atoms with van der Waals surface area (Å²) in [5, 5.41) is 17.7. The number of alkyl halides is 1. The Bertz CT molecular complexity index is 451. The van der Waals surface area contributed by atoms with Gasteiger partial charge in [0.15, 0.2) is 0 Å². The highest BCUT2D eigenvalue weighted by atomic mass is 32.2. The summed E-state index contributed by atoms with van der Waals surface area (Å²) in [6, 6.07) is -0.983. The molecule has 11 heteroatoms. The van der Waals surface area contributed by atoms with E-state index in [0.717, 1.165) is 4.31 Å². The van der Waals surface area contributed by atoms with E-state index in [4.69, 9.17) is 25.7 Å². The van der Waals surface area contributed by atoms with Gasteiger partial charge in [0.1, 0.15) is 6.67 Å². The molecular weight excluding hydrogens is 316 g/mol. The number of nitrogens with two attached hydrogens (primary N) is 2. The molecule has 8 nitrogen and oxygen atoms in total. The van der Waals surface area contributed by atoms with Gasteiger partial charge in [-0.15, -0.1) is 0 Å². The topological polar surface area (TPSA) is 139 Å². The predicted octanol–water partition coefficient (Wildman–Crippen LogP) is -1.55. The van der Waals surface area contributed by atoms with Crippen LogP contribution in [0.4, 0.5) is 4.39 Å².